The first-order valence-corrected chi connectivity index (χ1v) is 13.2. The van der Waals surface area contributed by atoms with E-state index in [2.05, 4.69) is 20.3 Å². The molecule has 176 valence electrons. The van der Waals surface area contributed by atoms with Crippen molar-refractivity contribution in [2.24, 2.45) is 0 Å². The lowest BCUT2D eigenvalue weighted by Crippen LogP contribution is -2.40. The summed E-state index contributed by atoms with van der Waals surface area (Å²) in [4.78, 5) is 14.3. The van der Waals surface area contributed by atoms with E-state index in [1.54, 1.807) is 42.5 Å². The van der Waals surface area contributed by atoms with E-state index in [4.69, 9.17) is 33.7 Å². The quantitative estimate of drug-likeness (QED) is 0.384. The van der Waals surface area contributed by atoms with Gasteiger partial charge in [0.05, 0.1) is 33.7 Å². The van der Waals surface area contributed by atoms with Gasteiger partial charge in [-0.1, -0.05) is 40.6 Å². The van der Waals surface area contributed by atoms with Crippen molar-refractivity contribution in [2.75, 3.05) is 37.4 Å². The number of aromatic nitrogens is 3. The number of nitrogens with two attached hydrogens (primary N) is 1. The van der Waals surface area contributed by atoms with Gasteiger partial charge in [0.1, 0.15) is 5.52 Å². The number of halogens is 2. The highest BCUT2D eigenvalue weighted by Gasteiger charge is 2.26. The summed E-state index contributed by atoms with van der Waals surface area (Å²) in [5, 5.41) is 4.35. The van der Waals surface area contributed by atoms with Crippen LogP contribution in [0.25, 0.3) is 21.7 Å². The first kappa shape index (κ1) is 23.2. The molecule has 3 N–H and O–H groups in total. The smallest absolute Gasteiger partial charge is 0.243 e. The summed E-state index contributed by atoms with van der Waals surface area (Å²) in [6.07, 6.45) is 0. The molecule has 0 radical (unpaired) electrons. The molecule has 0 atom stereocenters. The molecule has 1 aliphatic heterocycles. The monoisotopic (exact) mass is 536 g/mol. The molecule has 2 aromatic heterocycles. The molecule has 13 heteroatoms. The van der Waals surface area contributed by atoms with E-state index in [9.17, 15) is 8.42 Å². The van der Waals surface area contributed by atoms with Crippen LogP contribution in [-0.2, 0) is 14.8 Å². The summed E-state index contributed by atoms with van der Waals surface area (Å²) >= 11 is 13.9. The van der Waals surface area contributed by atoms with Gasteiger partial charge in [-0.15, -0.1) is 0 Å². The number of nitrogens with zero attached hydrogens (tertiary/aromatic N) is 4. The number of sulfonamides is 1. The van der Waals surface area contributed by atoms with Gasteiger partial charge in [-0.3, -0.25) is 0 Å². The zero-order valence-corrected chi connectivity index (χ0v) is 20.7. The minimum Gasteiger partial charge on any atom is -0.379 e. The summed E-state index contributed by atoms with van der Waals surface area (Å²) < 4.78 is 32.4. The van der Waals surface area contributed by atoms with Crippen LogP contribution in [0.5, 0.6) is 0 Å². The predicted octanol–water partition coefficient (Wildman–Crippen LogP) is 4.41. The maximum Gasteiger partial charge on any atom is 0.243 e. The molecule has 1 saturated heterocycles. The maximum atomic E-state index is 12.9. The van der Waals surface area contributed by atoms with Crippen molar-refractivity contribution in [2.45, 2.75) is 4.90 Å². The number of nitrogen functional groups attached to an aromatic ring is 1. The van der Waals surface area contributed by atoms with Crippen LogP contribution >= 0.6 is 34.5 Å². The van der Waals surface area contributed by atoms with Gasteiger partial charge >= 0.3 is 0 Å². The second-order valence-corrected chi connectivity index (χ2v) is 11.1. The molecule has 4 aromatic rings. The number of anilines is 3. The predicted molar refractivity (Wildman–Crippen MR) is 134 cm³/mol. The van der Waals surface area contributed by atoms with E-state index in [0.29, 0.717) is 74.7 Å². The van der Waals surface area contributed by atoms with Crippen LogP contribution in [0.15, 0.2) is 47.4 Å². The lowest BCUT2D eigenvalue weighted by atomic mass is 10.2. The molecule has 0 unspecified atom stereocenters. The van der Waals surface area contributed by atoms with Crippen molar-refractivity contribution in [3.63, 3.8) is 0 Å². The van der Waals surface area contributed by atoms with Gasteiger partial charge in [0.15, 0.2) is 21.6 Å². The van der Waals surface area contributed by atoms with E-state index in [1.807, 2.05) is 0 Å². The van der Waals surface area contributed by atoms with Crippen molar-refractivity contribution in [3.05, 3.63) is 52.5 Å². The number of thiazole rings is 1. The van der Waals surface area contributed by atoms with Gasteiger partial charge in [-0.05, 0) is 36.4 Å². The minimum absolute atomic E-state index is 0.203. The van der Waals surface area contributed by atoms with Gasteiger partial charge in [-0.2, -0.15) is 4.31 Å². The third-order valence-electron chi connectivity index (χ3n) is 5.19. The number of nitrogens with one attached hydrogen (secondary N) is 1. The zero-order chi connectivity index (χ0) is 23.9. The highest BCUT2D eigenvalue weighted by Crippen LogP contribution is 2.37. The molecule has 0 spiro atoms. The van der Waals surface area contributed by atoms with Gasteiger partial charge < -0.3 is 15.8 Å². The van der Waals surface area contributed by atoms with E-state index < -0.39 is 10.0 Å². The number of benzene rings is 2. The van der Waals surface area contributed by atoms with Gasteiger partial charge in [0.25, 0.3) is 0 Å². The topological polar surface area (TPSA) is 123 Å². The van der Waals surface area contributed by atoms with Crippen molar-refractivity contribution in [3.8, 4) is 11.4 Å². The first-order chi connectivity index (χ1) is 16.3. The Bertz CT molecular complexity index is 1450. The highest BCUT2D eigenvalue weighted by atomic mass is 35.5. The Balaban J connectivity index is 1.50. The Kier molecular flexibility index (Phi) is 6.32. The van der Waals surface area contributed by atoms with Crippen LogP contribution in [-0.4, -0.2) is 54.0 Å². The number of hydrogen-bond acceptors (Lipinski definition) is 9. The van der Waals surface area contributed by atoms with Gasteiger partial charge in [0, 0.05) is 18.8 Å². The molecule has 0 saturated carbocycles. The Hall–Kier alpha value is -2.54. The third-order valence-corrected chi connectivity index (χ3v) is 8.51. The number of morpholine rings is 1. The summed E-state index contributed by atoms with van der Waals surface area (Å²) in [7, 11) is -3.59. The van der Waals surface area contributed by atoms with E-state index in [-0.39, 0.29) is 4.90 Å². The lowest BCUT2D eigenvalue weighted by Gasteiger charge is -2.26. The highest BCUT2D eigenvalue weighted by molar-refractivity contribution is 7.89. The Morgan fingerprint density at radius 2 is 1.68 bits per heavy atom. The van der Waals surface area contributed by atoms with Crippen molar-refractivity contribution < 1.29 is 13.2 Å². The average molecular weight is 537 g/mol. The Morgan fingerprint density at radius 1 is 1.00 bits per heavy atom. The molecule has 1 fully saturated rings. The van der Waals surface area contributed by atoms with E-state index >= 15 is 0 Å². The van der Waals surface area contributed by atoms with Crippen LogP contribution in [0.2, 0.25) is 10.0 Å². The second-order valence-electron chi connectivity index (χ2n) is 7.36. The molecule has 3 heterocycles. The Morgan fingerprint density at radius 3 is 2.35 bits per heavy atom. The molecule has 0 amide bonds. The largest absolute Gasteiger partial charge is 0.379 e. The average Bonchev–Trinajstić information content (AvgIpc) is 3.20. The third kappa shape index (κ3) is 4.42. The summed E-state index contributed by atoms with van der Waals surface area (Å²) in [5.74, 6) is 0.716. The molecule has 2 aromatic carbocycles. The fraction of sp³-hybridized carbons (Fsp3) is 0.190. The standard InChI is InChI=1S/C21H18Cl2N6O3S2/c22-14-2-1-3-15(23)16(14)18-27-19(17-20(28-18)33-21(24)26-17)25-12-4-6-13(7-5-12)34(30,31)29-8-10-32-11-9-29/h1-7H,8-11H2,(H2,24,26)(H,25,27,28). The zero-order valence-electron chi connectivity index (χ0n) is 17.5. The summed E-state index contributed by atoms with van der Waals surface area (Å²) in [6, 6.07) is 11.6. The summed E-state index contributed by atoms with van der Waals surface area (Å²) in [6.45, 7) is 1.44. The molecule has 0 bridgehead atoms. The molecular formula is C21H18Cl2N6O3S2. The number of hydrogen-bond donors (Lipinski definition) is 2. The number of fused-ring (bicyclic) bond motifs is 1. The fourth-order valence-corrected chi connectivity index (χ4v) is 6.21. The summed E-state index contributed by atoms with van der Waals surface area (Å²) in [5.41, 5.74) is 7.51. The Labute approximate surface area is 209 Å². The molecule has 9 nitrogen and oxygen atoms in total. The van der Waals surface area contributed by atoms with Crippen LogP contribution in [0.4, 0.5) is 16.6 Å². The van der Waals surface area contributed by atoms with E-state index in [1.165, 1.54) is 15.6 Å². The van der Waals surface area contributed by atoms with Crippen LogP contribution in [0, 0.1) is 0 Å². The van der Waals surface area contributed by atoms with Gasteiger partial charge in [-0.25, -0.2) is 23.4 Å². The van der Waals surface area contributed by atoms with Crippen LogP contribution < -0.4 is 11.1 Å². The van der Waals surface area contributed by atoms with E-state index in [0.717, 1.165) is 0 Å². The van der Waals surface area contributed by atoms with Crippen molar-refractivity contribution in [1.29, 1.82) is 0 Å². The number of ether oxygens (including phenoxy) is 1. The van der Waals surface area contributed by atoms with Crippen LogP contribution in [0.3, 0.4) is 0 Å². The molecule has 34 heavy (non-hydrogen) atoms. The fourth-order valence-electron chi connectivity index (χ4n) is 3.53. The molecule has 5 rings (SSSR count). The van der Waals surface area contributed by atoms with Crippen molar-refractivity contribution in [1.82, 2.24) is 19.3 Å². The molecular weight excluding hydrogens is 519 g/mol. The normalized spacial score (nSPS) is 15.0. The first-order valence-electron chi connectivity index (χ1n) is 10.2. The lowest BCUT2D eigenvalue weighted by molar-refractivity contribution is 0.0730. The maximum absolute atomic E-state index is 12.9. The molecule has 1 aliphatic rings. The van der Waals surface area contributed by atoms with Crippen LogP contribution in [0.1, 0.15) is 0 Å². The van der Waals surface area contributed by atoms with Crippen molar-refractivity contribution >= 4 is 71.5 Å². The molecule has 0 aliphatic carbocycles. The minimum atomic E-state index is -3.59. The number of rotatable bonds is 5. The SMILES string of the molecule is Nc1nc2c(Nc3ccc(S(=O)(=O)N4CCOCC4)cc3)nc(-c3c(Cl)cccc3Cl)nc2s1. The van der Waals surface area contributed by atoms with Gasteiger partial charge in [0.2, 0.25) is 10.0 Å². The second kappa shape index (κ2) is 9.25.